The molecule has 0 aliphatic carbocycles. The number of hydrogen-bond donors (Lipinski definition) is 3. The Morgan fingerprint density at radius 1 is 0.833 bits per heavy atom. The third-order valence-corrected chi connectivity index (χ3v) is 5.27. The van der Waals surface area contributed by atoms with Crippen molar-refractivity contribution in [3.8, 4) is 11.5 Å². The summed E-state index contributed by atoms with van der Waals surface area (Å²) < 4.78 is 10.7. The van der Waals surface area contributed by atoms with Gasteiger partial charge in [-0.15, -0.1) is 0 Å². The summed E-state index contributed by atoms with van der Waals surface area (Å²) in [6.45, 7) is 7.57. The van der Waals surface area contributed by atoms with Crippen molar-refractivity contribution in [3.63, 3.8) is 0 Å². The summed E-state index contributed by atoms with van der Waals surface area (Å²) in [5.74, 6) is -2.20. The van der Waals surface area contributed by atoms with E-state index in [1.807, 2.05) is 27.7 Å². The quantitative estimate of drug-likeness (QED) is 0.377. The molecule has 0 unspecified atom stereocenters. The molecule has 194 valence electrons. The molecule has 0 spiro atoms. The maximum Gasteiger partial charge on any atom is 0.328 e. The molecule has 2 aromatic rings. The molecule has 0 saturated heterocycles. The van der Waals surface area contributed by atoms with Crippen LogP contribution in [0, 0.1) is 11.8 Å². The summed E-state index contributed by atoms with van der Waals surface area (Å²) in [6.07, 6.45) is 0.639. The molecule has 2 amide bonds. The van der Waals surface area contributed by atoms with Gasteiger partial charge in [0, 0.05) is 5.56 Å². The lowest BCUT2D eigenvalue weighted by Crippen LogP contribution is -2.42. The first-order chi connectivity index (χ1) is 17.0. The average Bonchev–Trinajstić information content (AvgIpc) is 2.82. The Bertz CT molecular complexity index is 1070. The van der Waals surface area contributed by atoms with Crippen molar-refractivity contribution in [2.45, 2.75) is 52.6 Å². The zero-order valence-electron chi connectivity index (χ0n) is 21.2. The minimum atomic E-state index is -1.13. The van der Waals surface area contributed by atoms with Gasteiger partial charge in [0.1, 0.15) is 23.6 Å². The number of carboxylic acids is 1. The van der Waals surface area contributed by atoms with Gasteiger partial charge in [0.15, 0.2) is 0 Å². The number of rotatable bonds is 12. The number of hydrogen-bond acceptors (Lipinski definition) is 6. The number of ether oxygens (including phenoxy) is 2. The van der Waals surface area contributed by atoms with Crippen molar-refractivity contribution in [1.29, 1.82) is 0 Å². The van der Waals surface area contributed by atoms with Crippen LogP contribution in [0.15, 0.2) is 48.5 Å². The number of benzene rings is 2. The van der Waals surface area contributed by atoms with Crippen molar-refractivity contribution < 1.29 is 33.8 Å². The second kappa shape index (κ2) is 13.3. The van der Waals surface area contributed by atoms with Crippen molar-refractivity contribution in [3.05, 3.63) is 59.7 Å². The van der Waals surface area contributed by atoms with Gasteiger partial charge in [-0.3, -0.25) is 9.59 Å². The molecule has 36 heavy (non-hydrogen) atoms. The maximum absolute atomic E-state index is 13.2. The summed E-state index contributed by atoms with van der Waals surface area (Å²) in [4.78, 5) is 49.8. The summed E-state index contributed by atoms with van der Waals surface area (Å²) >= 11 is 0. The molecule has 0 fully saturated rings. The van der Waals surface area contributed by atoms with Gasteiger partial charge in [0.05, 0.1) is 12.7 Å². The van der Waals surface area contributed by atoms with Gasteiger partial charge in [-0.2, -0.15) is 0 Å². The monoisotopic (exact) mass is 498 g/mol. The second-order valence-corrected chi connectivity index (χ2v) is 9.30. The first-order valence-corrected chi connectivity index (χ1v) is 11.8. The SMILES string of the molecule is COC(=O)[C@H](CC(C)C)NC(=O)c1ccc(C(=O)N[C@@H](CC(C)C)C(=O)O)cc1Oc1ccccc1. The molecule has 0 aliphatic rings. The van der Waals surface area contributed by atoms with Crippen molar-refractivity contribution in [1.82, 2.24) is 10.6 Å². The van der Waals surface area contributed by atoms with Gasteiger partial charge >= 0.3 is 11.9 Å². The molecule has 9 nitrogen and oxygen atoms in total. The van der Waals surface area contributed by atoms with E-state index in [0.717, 1.165) is 0 Å². The highest BCUT2D eigenvalue weighted by molar-refractivity contribution is 6.02. The van der Waals surface area contributed by atoms with Crippen LogP contribution in [0.2, 0.25) is 0 Å². The third-order valence-electron chi connectivity index (χ3n) is 5.27. The predicted octanol–water partition coefficient (Wildman–Crippen LogP) is 4.03. The van der Waals surface area contributed by atoms with Gasteiger partial charge in [-0.25, -0.2) is 9.59 Å². The van der Waals surface area contributed by atoms with Gasteiger partial charge in [-0.05, 0) is 55.0 Å². The number of nitrogens with one attached hydrogen (secondary N) is 2. The number of methoxy groups -OCH3 is 1. The summed E-state index contributed by atoms with van der Waals surface area (Å²) in [5.41, 5.74) is 0.226. The highest BCUT2D eigenvalue weighted by Crippen LogP contribution is 2.27. The van der Waals surface area contributed by atoms with Gasteiger partial charge in [0.25, 0.3) is 11.8 Å². The molecule has 0 aliphatic heterocycles. The first-order valence-electron chi connectivity index (χ1n) is 11.8. The molecule has 2 rings (SSSR count). The smallest absolute Gasteiger partial charge is 0.328 e. The van der Waals surface area contributed by atoms with Crippen LogP contribution in [0.4, 0.5) is 0 Å². The Hall–Kier alpha value is -3.88. The highest BCUT2D eigenvalue weighted by atomic mass is 16.5. The highest BCUT2D eigenvalue weighted by Gasteiger charge is 2.26. The number of carbonyl (C=O) groups is 4. The lowest BCUT2D eigenvalue weighted by atomic mass is 10.0. The fourth-order valence-electron chi connectivity index (χ4n) is 3.55. The van der Waals surface area contributed by atoms with Crippen molar-refractivity contribution >= 4 is 23.8 Å². The van der Waals surface area contributed by atoms with E-state index in [1.54, 1.807) is 30.3 Å². The van der Waals surface area contributed by atoms with Crippen molar-refractivity contribution in [2.75, 3.05) is 7.11 Å². The molecular weight excluding hydrogens is 464 g/mol. The predicted molar refractivity (Wildman–Crippen MR) is 134 cm³/mol. The molecule has 3 N–H and O–H groups in total. The van der Waals surface area contributed by atoms with E-state index in [9.17, 15) is 24.3 Å². The Morgan fingerprint density at radius 2 is 1.42 bits per heavy atom. The molecule has 0 heterocycles. The molecular formula is C27H34N2O7. The fourth-order valence-corrected chi connectivity index (χ4v) is 3.55. The lowest BCUT2D eigenvalue weighted by molar-refractivity contribution is -0.143. The van der Waals surface area contributed by atoms with Crippen LogP contribution in [-0.4, -0.2) is 48.1 Å². The van der Waals surface area contributed by atoms with Crippen LogP contribution in [0.25, 0.3) is 0 Å². The topological polar surface area (TPSA) is 131 Å². The number of carbonyl (C=O) groups excluding carboxylic acids is 3. The lowest BCUT2D eigenvalue weighted by Gasteiger charge is -2.20. The van der Waals surface area contributed by atoms with Crippen molar-refractivity contribution in [2.24, 2.45) is 11.8 Å². The van der Waals surface area contributed by atoms with Crippen LogP contribution in [0.3, 0.4) is 0 Å². The maximum atomic E-state index is 13.2. The van der Waals surface area contributed by atoms with Crippen LogP contribution in [0.1, 0.15) is 61.3 Å². The Balaban J connectivity index is 2.39. The zero-order valence-corrected chi connectivity index (χ0v) is 21.2. The largest absolute Gasteiger partial charge is 0.480 e. The number of amides is 2. The molecule has 2 aromatic carbocycles. The average molecular weight is 499 g/mol. The van der Waals surface area contributed by atoms with E-state index in [0.29, 0.717) is 12.2 Å². The fraction of sp³-hybridized carbons (Fsp3) is 0.407. The second-order valence-electron chi connectivity index (χ2n) is 9.30. The summed E-state index contributed by atoms with van der Waals surface area (Å²) in [5, 5.41) is 14.7. The van der Waals surface area contributed by atoms with Crippen LogP contribution >= 0.6 is 0 Å². The number of aliphatic carboxylic acids is 1. The van der Waals surface area contributed by atoms with Crippen LogP contribution in [0.5, 0.6) is 11.5 Å². The molecule has 0 radical (unpaired) electrons. The minimum Gasteiger partial charge on any atom is -0.480 e. The van der Waals surface area contributed by atoms with Gasteiger partial charge < -0.3 is 25.2 Å². The Labute approximate surface area is 211 Å². The standard InChI is InChI=1S/C27H34N2O7/c1-16(2)13-21(26(32)33)28-24(30)18-11-12-20(23(15-18)36-19-9-7-6-8-10-19)25(31)29-22(14-17(3)4)27(34)35-5/h6-12,15-17,21-22H,13-14H2,1-5H3,(H,28,30)(H,29,31)(H,32,33)/t21-,22-/m0/s1. The summed E-state index contributed by atoms with van der Waals surface area (Å²) in [6, 6.07) is 11.0. The van der Waals surface area contributed by atoms with Crippen LogP contribution in [-0.2, 0) is 14.3 Å². The normalized spacial score (nSPS) is 12.5. The Morgan fingerprint density at radius 3 is 1.97 bits per heavy atom. The first kappa shape index (κ1) is 28.4. The van der Waals surface area contributed by atoms with Gasteiger partial charge in [0.2, 0.25) is 0 Å². The van der Waals surface area contributed by atoms with Crippen LogP contribution < -0.4 is 15.4 Å². The summed E-state index contributed by atoms with van der Waals surface area (Å²) in [7, 11) is 1.25. The molecule has 2 atom stereocenters. The van der Waals surface area contributed by atoms with E-state index in [2.05, 4.69) is 10.6 Å². The third kappa shape index (κ3) is 8.41. The zero-order chi connectivity index (χ0) is 26.8. The molecule has 0 saturated carbocycles. The Kier molecular flexibility index (Phi) is 10.5. The molecule has 0 bridgehead atoms. The molecule has 0 aromatic heterocycles. The van der Waals surface area contributed by atoms with E-state index in [1.165, 1.54) is 25.3 Å². The number of carboxylic acid groups (broad SMARTS) is 1. The van der Waals surface area contributed by atoms with E-state index in [-0.39, 0.29) is 35.1 Å². The number of para-hydroxylation sites is 1. The van der Waals surface area contributed by atoms with E-state index >= 15 is 0 Å². The number of esters is 1. The van der Waals surface area contributed by atoms with E-state index < -0.39 is 35.8 Å². The minimum absolute atomic E-state index is 0.0584. The van der Waals surface area contributed by atoms with E-state index in [4.69, 9.17) is 9.47 Å². The van der Waals surface area contributed by atoms with Gasteiger partial charge in [-0.1, -0.05) is 45.9 Å². The molecule has 9 heteroatoms.